The first-order chi connectivity index (χ1) is 8.78. The Morgan fingerprint density at radius 1 is 1.10 bits per heavy atom. The van der Waals surface area contributed by atoms with Gasteiger partial charge in [0, 0.05) is 5.56 Å². The van der Waals surface area contributed by atoms with E-state index in [1.165, 1.54) is 12.1 Å². The second-order valence-corrected chi connectivity index (χ2v) is 4.10. The number of aromatic amines is 1. The van der Waals surface area contributed by atoms with E-state index < -0.39 is 0 Å². The van der Waals surface area contributed by atoms with Crippen LogP contribution in [0.15, 0.2) is 42.5 Å². The van der Waals surface area contributed by atoms with Crippen molar-refractivity contribution >= 4 is 35.8 Å². The predicted octanol–water partition coefficient (Wildman–Crippen LogP) is 3.67. The normalized spacial score (nSPS) is 9.90. The number of benzene rings is 2. The molecule has 0 bridgehead atoms. The number of hydrogen-bond acceptors (Lipinski definition) is 2. The minimum absolute atomic E-state index is 0. The van der Waals surface area contributed by atoms with Gasteiger partial charge in [0.1, 0.15) is 11.6 Å². The number of aromatic nitrogens is 2. The number of imidazole rings is 1. The van der Waals surface area contributed by atoms with Crippen LogP contribution in [0.5, 0.6) is 0 Å². The fourth-order valence-corrected chi connectivity index (χ4v) is 2.07. The number of nitrogens with one attached hydrogen (secondary N) is 1. The molecule has 1 heterocycles. The number of rotatable bonds is 2. The van der Waals surface area contributed by atoms with Crippen LogP contribution in [0.25, 0.3) is 22.2 Å². The molecule has 0 atom stereocenters. The van der Waals surface area contributed by atoms with E-state index in [1.54, 1.807) is 6.07 Å². The Kier molecular flexibility index (Phi) is 5.51. The molecule has 1 aromatic heterocycles. The third-order valence-corrected chi connectivity index (χ3v) is 2.89. The van der Waals surface area contributed by atoms with Gasteiger partial charge in [0.25, 0.3) is 0 Å². The van der Waals surface area contributed by atoms with Crippen LogP contribution >= 0.6 is 24.8 Å². The topological polar surface area (TPSA) is 54.7 Å². The number of hydrogen-bond donors (Lipinski definition) is 2. The van der Waals surface area contributed by atoms with Gasteiger partial charge in [-0.1, -0.05) is 24.3 Å². The molecular weight excluding hydrogens is 300 g/mol. The van der Waals surface area contributed by atoms with Gasteiger partial charge in [0.15, 0.2) is 0 Å². The summed E-state index contributed by atoms with van der Waals surface area (Å²) in [5.74, 6) is 0.480. The van der Waals surface area contributed by atoms with Crippen molar-refractivity contribution in [1.82, 2.24) is 9.97 Å². The van der Waals surface area contributed by atoms with Gasteiger partial charge >= 0.3 is 0 Å². The van der Waals surface area contributed by atoms with Crippen LogP contribution in [0.1, 0.15) is 5.82 Å². The second kappa shape index (κ2) is 6.70. The average molecular weight is 314 g/mol. The number of nitrogens with two attached hydrogens (primary N) is 1. The van der Waals surface area contributed by atoms with E-state index in [9.17, 15) is 4.39 Å². The Morgan fingerprint density at radius 2 is 1.85 bits per heavy atom. The molecule has 3 N–H and O–H groups in total. The monoisotopic (exact) mass is 313 g/mol. The minimum atomic E-state index is -0.251. The molecule has 3 nitrogen and oxygen atoms in total. The number of H-pyrrole nitrogens is 1. The van der Waals surface area contributed by atoms with E-state index in [0.717, 1.165) is 28.0 Å². The van der Waals surface area contributed by atoms with E-state index in [-0.39, 0.29) is 30.6 Å². The molecule has 0 saturated heterocycles. The zero-order valence-corrected chi connectivity index (χ0v) is 12.1. The number of fused-ring (bicyclic) bond motifs is 1. The van der Waals surface area contributed by atoms with E-state index >= 15 is 0 Å². The van der Waals surface area contributed by atoms with Gasteiger partial charge in [-0.05, 0) is 23.8 Å². The van der Waals surface area contributed by atoms with Crippen LogP contribution in [0, 0.1) is 5.82 Å². The van der Waals surface area contributed by atoms with Crippen molar-refractivity contribution in [3.63, 3.8) is 0 Å². The first kappa shape index (κ1) is 16.4. The summed E-state index contributed by atoms with van der Waals surface area (Å²) in [5, 5.41) is 0. The smallest absolute Gasteiger partial charge is 0.123 e. The molecule has 106 valence electrons. The lowest BCUT2D eigenvalue weighted by atomic mass is 10.0. The van der Waals surface area contributed by atoms with Crippen molar-refractivity contribution in [3.8, 4) is 11.1 Å². The molecule has 0 radical (unpaired) electrons. The highest BCUT2D eigenvalue weighted by atomic mass is 35.5. The molecule has 0 aliphatic carbocycles. The number of para-hydroxylation sites is 1. The molecule has 2 aromatic carbocycles. The number of halogens is 3. The summed E-state index contributed by atoms with van der Waals surface area (Å²) < 4.78 is 13.3. The molecule has 0 aliphatic rings. The Hall–Kier alpha value is -1.62. The first-order valence-electron chi connectivity index (χ1n) is 5.71. The van der Waals surface area contributed by atoms with E-state index in [1.807, 2.05) is 24.3 Å². The summed E-state index contributed by atoms with van der Waals surface area (Å²) in [6.07, 6.45) is 0. The zero-order valence-electron chi connectivity index (χ0n) is 10.5. The van der Waals surface area contributed by atoms with Crippen molar-refractivity contribution in [2.45, 2.75) is 6.54 Å². The van der Waals surface area contributed by atoms with Crippen molar-refractivity contribution in [1.29, 1.82) is 0 Å². The van der Waals surface area contributed by atoms with Crippen LogP contribution in [0.2, 0.25) is 0 Å². The minimum Gasteiger partial charge on any atom is -0.341 e. The van der Waals surface area contributed by atoms with Crippen LogP contribution in [-0.4, -0.2) is 9.97 Å². The highest BCUT2D eigenvalue weighted by molar-refractivity contribution is 5.92. The Labute approximate surface area is 128 Å². The van der Waals surface area contributed by atoms with Crippen molar-refractivity contribution < 1.29 is 4.39 Å². The Bertz CT molecular complexity index is 712. The van der Waals surface area contributed by atoms with E-state index in [0.29, 0.717) is 6.54 Å². The standard InChI is InChI=1S/C14H12FN3.2ClH/c15-10-4-1-3-9(7-10)11-5-2-6-12-14(11)18-13(8-16)17-12;;/h1-7H,8,16H2,(H,17,18);2*1H. The van der Waals surface area contributed by atoms with Gasteiger partial charge in [0.05, 0.1) is 17.6 Å². The largest absolute Gasteiger partial charge is 0.341 e. The average Bonchev–Trinajstić information content (AvgIpc) is 2.81. The summed E-state index contributed by atoms with van der Waals surface area (Å²) in [7, 11) is 0. The molecule has 20 heavy (non-hydrogen) atoms. The molecule has 0 saturated carbocycles. The summed E-state index contributed by atoms with van der Waals surface area (Å²) in [6.45, 7) is 0.358. The van der Waals surface area contributed by atoms with Crippen molar-refractivity contribution in [2.24, 2.45) is 5.73 Å². The molecule has 0 aliphatic heterocycles. The fourth-order valence-electron chi connectivity index (χ4n) is 2.07. The predicted molar refractivity (Wildman–Crippen MR) is 83.9 cm³/mol. The van der Waals surface area contributed by atoms with Crippen molar-refractivity contribution in [2.75, 3.05) is 0 Å². The van der Waals surface area contributed by atoms with Gasteiger partial charge in [-0.2, -0.15) is 0 Å². The lowest BCUT2D eigenvalue weighted by Crippen LogP contribution is -1.97. The first-order valence-corrected chi connectivity index (χ1v) is 5.71. The third kappa shape index (κ3) is 2.93. The highest BCUT2D eigenvalue weighted by Crippen LogP contribution is 2.27. The molecule has 0 spiro atoms. The maximum atomic E-state index is 13.3. The Morgan fingerprint density at radius 3 is 2.55 bits per heavy atom. The molecule has 3 aromatic rings. The summed E-state index contributed by atoms with van der Waals surface area (Å²) in [4.78, 5) is 7.57. The fraction of sp³-hybridized carbons (Fsp3) is 0.0714. The second-order valence-electron chi connectivity index (χ2n) is 4.10. The van der Waals surface area contributed by atoms with E-state index in [2.05, 4.69) is 9.97 Å². The maximum absolute atomic E-state index is 13.3. The van der Waals surface area contributed by atoms with Gasteiger partial charge in [0.2, 0.25) is 0 Å². The van der Waals surface area contributed by atoms with Gasteiger partial charge < -0.3 is 10.7 Å². The molecule has 3 rings (SSSR count). The summed E-state index contributed by atoms with van der Waals surface area (Å²) in [5.41, 5.74) is 9.03. The molecule has 0 unspecified atom stereocenters. The van der Waals surface area contributed by atoms with Gasteiger partial charge in [-0.15, -0.1) is 24.8 Å². The van der Waals surface area contributed by atoms with E-state index in [4.69, 9.17) is 5.73 Å². The quantitative estimate of drug-likeness (QED) is 0.758. The molecule has 0 fully saturated rings. The SMILES string of the molecule is Cl.Cl.NCc1nc2c(-c3cccc(F)c3)cccc2[nH]1. The lowest BCUT2D eigenvalue weighted by Gasteiger charge is -2.02. The van der Waals surface area contributed by atoms with Crippen LogP contribution in [0.3, 0.4) is 0 Å². The van der Waals surface area contributed by atoms with Gasteiger partial charge in [-0.3, -0.25) is 0 Å². The zero-order chi connectivity index (χ0) is 12.5. The maximum Gasteiger partial charge on any atom is 0.123 e. The molecule has 6 heteroatoms. The summed E-state index contributed by atoms with van der Waals surface area (Å²) in [6, 6.07) is 12.3. The van der Waals surface area contributed by atoms with Crippen LogP contribution in [0.4, 0.5) is 4.39 Å². The third-order valence-electron chi connectivity index (χ3n) is 2.89. The van der Waals surface area contributed by atoms with Crippen molar-refractivity contribution in [3.05, 3.63) is 54.1 Å². The highest BCUT2D eigenvalue weighted by Gasteiger charge is 2.08. The molecule has 0 amide bonds. The lowest BCUT2D eigenvalue weighted by molar-refractivity contribution is 0.628. The summed E-state index contributed by atoms with van der Waals surface area (Å²) >= 11 is 0. The van der Waals surface area contributed by atoms with Crippen LogP contribution < -0.4 is 5.73 Å². The van der Waals surface area contributed by atoms with Crippen LogP contribution in [-0.2, 0) is 6.54 Å². The van der Waals surface area contributed by atoms with Gasteiger partial charge in [-0.25, -0.2) is 9.37 Å². The molecular formula is C14H14Cl2FN3. The number of nitrogens with zero attached hydrogens (tertiary/aromatic N) is 1. The Balaban J connectivity index is 0.000001000.